The van der Waals surface area contributed by atoms with E-state index >= 15 is 0 Å². The molecular formula is C17H14N6O. The van der Waals surface area contributed by atoms with Gasteiger partial charge in [0.2, 0.25) is 5.88 Å². The van der Waals surface area contributed by atoms with E-state index in [1.54, 1.807) is 24.3 Å². The molecule has 0 saturated carbocycles. The van der Waals surface area contributed by atoms with Gasteiger partial charge < -0.3 is 4.74 Å². The molecule has 0 atom stereocenters. The van der Waals surface area contributed by atoms with Gasteiger partial charge in [-0.05, 0) is 23.8 Å². The Morgan fingerprint density at radius 2 is 2.00 bits per heavy atom. The van der Waals surface area contributed by atoms with Gasteiger partial charge in [-0.15, -0.1) is 5.10 Å². The Hall–Kier alpha value is -3.35. The number of aryl methyl sites for hydroxylation is 1. The molecule has 0 radical (unpaired) electrons. The molecule has 24 heavy (non-hydrogen) atoms. The van der Waals surface area contributed by atoms with Crippen LogP contribution in [0.1, 0.15) is 0 Å². The van der Waals surface area contributed by atoms with E-state index in [4.69, 9.17) is 4.74 Å². The quantitative estimate of drug-likeness (QED) is 0.577. The molecule has 4 aromatic rings. The Morgan fingerprint density at radius 1 is 1.08 bits per heavy atom. The van der Waals surface area contributed by atoms with Crippen LogP contribution in [0.15, 0.2) is 49.2 Å². The lowest BCUT2D eigenvalue weighted by Crippen LogP contribution is -1.96. The summed E-state index contributed by atoms with van der Waals surface area (Å²) >= 11 is 0. The Bertz CT molecular complexity index is 1030. The lowest BCUT2D eigenvalue weighted by molar-refractivity contribution is 0.393. The fourth-order valence-electron chi connectivity index (χ4n) is 2.67. The van der Waals surface area contributed by atoms with E-state index in [0.717, 1.165) is 33.3 Å². The maximum absolute atomic E-state index is 5.30. The highest BCUT2D eigenvalue weighted by Gasteiger charge is 2.13. The lowest BCUT2D eigenvalue weighted by Gasteiger charge is -2.08. The Labute approximate surface area is 138 Å². The summed E-state index contributed by atoms with van der Waals surface area (Å²) in [5.74, 6) is 0.439. The summed E-state index contributed by atoms with van der Waals surface area (Å²) in [5, 5.41) is 13.0. The summed E-state index contributed by atoms with van der Waals surface area (Å²) in [4.78, 5) is 8.82. The number of hydrogen-bond acceptors (Lipinski definition) is 6. The summed E-state index contributed by atoms with van der Waals surface area (Å²) in [5.41, 5.74) is 4.50. The second kappa shape index (κ2) is 5.69. The van der Waals surface area contributed by atoms with E-state index in [0.29, 0.717) is 5.88 Å². The maximum Gasteiger partial charge on any atom is 0.242 e. The van der Waals surface area contributed by atoms with Gasteiger partial charge in [0.25, 0.3) is 0 Å². The van der Waals surface area contributed by atoms with Crippen LogP contribution in [-0.4, -0.2) is 37.1 Å². The van der Waals surface area contributed by atoms with Crippen molar-refractivity contribution in [1.82, 2.24) is 29.9 Å². The zero-order valence-corrected chi connectivity index (χ0v) is 13.2. The van der Waals surface area contributed by atoms with Gasteiger partial charge in [-0.25, -0.2) is 9.97 Å². The third-order valence-electron chi connectivity index (χ3n) is 3.81. The molecule has 0 N–H and O–H groups in total. The second-order valence-corrected chi connectivity index (χ2v) is 5.31. The van der Waals surface area contributed by atoms with Crippen LogP contribution in [0, 0.1) is 0 Å². The highest BCUT2D eigenvalue weighted by molar-refractivity contribution is 5.95. The predicted molar refractivity (Wildman–Crippen MR) is 89.3 cm³/mol. The van der Waals surface area contributed by atoms with Crippen molar-refractivity contribution < 1.29 is 4.74 Å². The summed E-state index contributed by atoms with van der Waals surface area (Å²) < 4.78 is 7.08. The summed E-state index contributed by atoms with van der Waals surface area (Å²) in [6, 6.07) is 7.90. The van der Waals surface area contributed by atoms with Crippen LogP contribution < -0.4 is 4.74 Å². The molecule has 7 heteroatoms. The Balaban J connectivity index is 1.90. The van der Waals surface area contributed by atoms with E-state index in [1.165, 1.54) is 0 Å². The Kier molecular flexibility index (Phi) is 3.38. The van der Waals surface area contributed by atoms with E-state index < -0.39 is 0 Å². The van der Waals surface area contributed by atoms with Crippen LogP contribution in [0.4, 0.5) is 0 Å². The third-order valence-corrected chi connectivity index (χ3v) is 3.81. The van der Waals surface area contributed by atoms with Crippen LogP contribution in [0.25, 0.3) is 33.3 Å². The number of fused-ring (bicyclic) bond motifs is 1. The van der Waals surface area contributed by atoms with Crippen molar-refractivity contribution in [3.63, 3.8) is 0 Å². The van der Waals surface area contributed by atoms with Crippen molar-refractivity contribution >= 4 is 10.9 Å². The highest BCUT2D eigenvalue weighted by Crippen LogP contribution is 2.32. The first-order chi connectivity index (χ1) is 11.8. The minimum atomic E-state index is 0.439. The van der Waals surface area contributed by atoms with Gasteiger partial charge in [-0.3, -0.25) is 4.68 Å². The first kappa shape index (κ1) is 14.3. The first-order valence-corrected chi connectivity index (χ1v) is 7.36. The average Bonchev–Trinajstić information content (AvgIpc) is 3.07. The second-order valence-electron chi connectivity index (χ2n) is 5.31. The SMILES string of the molecule is COc1nnccc1-c1ncnc2cc(-c3cnn(C)c3)ccc12. The van der Waals surface area contributed by atoms with Crippen molar-refractivity contribution in [2.45, 2.75) is 0 Å². The van der Waals surface area contributed by atoms with Crippen LogP contribution in [-0.2, 0) is 7.05 Å². The third kappa shape index (κ3) is 2.36. The van der Waals surface area contributed by atoms with Crippen molar-refractivity contribution in [3.05, 3.63) is 49.2 Å². The molecule has 0 aliphatic rings. The van der Waals surface area contributed by atoms with Gasteiger partial charge in [0, 0.05) is 24.2 Å². The van der Waals surface area contributed by atoms with Gasteiger partial charge in [0.1, 0.15) is 6.33 Å². The van der Waals surface area contributed by atoms with Crippen LogP contribution >= 0.6 is 0 Å². The number of benzene rings is 1. The number of methoxy groups -OCH3 is 1. The molecule has 0 aliphatic carbocycles. The van der Waals surface area contributed by atoms with Gasteiger partial charge in [-0.1, -0.05) is 6.07 Å². The van der Waals surface area contributed by atoms with E-state index in [-0.39, 0.29) is 0 Å². The normalized spacial score (nSPS) is 10.9. The molecule has 0 bridgehead atoms. The molecule has 3 heterocycles. The molecule has 4 rings (SSSR count). The maximum atomic E-state index is 5.30. The molecule has 0 fully saturated rings. The molecule has 0 saturated heterocycles. The molecule has 1 aromatic carbocycles. The molecular weight excluding hydrogens is 304 g/mol. The molecule has 0 unspecified atom stereocenters. The lowest BCUT2D eigenvalue weighted by atomic mass is 10.0. The average molecular weight is 318 g/mol. The largest absolute Gasteiger partial charge is 0.479 e. The number of nitrogens with zero attached hydrogens (tertiary/aromatic N) is 6. The first-order valence-electron chi connectivity index (χ1n) is 7.36. The number of ether oxygens (including phenoxy) is 1. The fraction of sp³-hybridized carbons (Fsp3) is 0.118. The van der Waals surface area contributed by atoms with Crippen molar-refractivity contribution in [2.75, 3.05) is 7.11 Å². The molecule has 0 aliphatic heterocycles. The molecule has 118 valence electrons. The highest BCUT2D eigenvalue weighted by atomic mass is 16.5. The van der Waals surface area contributed by atoms with Crippen molar-refractivity contribution in [2.24, 2.45) is 7.05 Å². The van der Waals surface area contributed by atoms with Gasteiger partial charge in [0.05, 0.1) is 36.3 Å². The number of hydrogen-bond donors (Lipinski definition) is 0. The summed E-state index contributed by atoms with van der Waals surface area (Å²) in [6.45, 7) is 0. The van der Waals surface area contributed by atoms with Gasteiger partial charge >= 0.3 is 0 Å². The topological polar surface area (TPSA) is 78.6 Å². The zero-order chi connectivity index (χ0) is 16.5. The van der Waals surface area contributed by atoms with E-state index in [9.17, 15) is 0 Å². The molecule has 3 aromatic heterocycles. The summed E-state index contributed by atoms with van der Waals surface area (Å²) in [7, 11) is 3.46. The zero-order valence-electron chi connectivity index (χ0n) is 13.2. The standard InChI is InChI=1S/C17H14N6O/c1-23-9-12(8-21-23)11-3-4-13-15(7-11)18-10-19-16(13)14-5-6-20-22-17(14)24-2/h3-10H,1-2H3. The summed E-state index contributed by atoms with van der Waals surface area (Å²) in [6.07, 6.45) is 6.97. The van der Waals surface area contributed by atoms with Crippen LogP contribution in [0.5, 0.6) is 5.88 Å². The Morgan fingerprint density at radius 3 is 2.79 bits per heavy atom. The van der Waals surface area contributed by atoms with Gasteiger partial charge in [-0.2, -0.15) is 10.2 Å². The van der Waals surface area contributed by atoms with Crippen LogP contribution in [0.2, 0.25) is 0 Å². The van der Waals surface area contributed by atoms with Crippen molar-refractivity contribution in [1.29, 1.82) is 0 Å². The number of rotatable bonds is 3. The molecule has 0 spiro atoms. The monoisotopic (exact) mass is 318 g/mol. The molecule has 0 amide bonds. The minimum Gasteiger partial charge on any atom is -0.479 e. The molecule has 7 nitrogen and oxygen atoms in total. The van der Waals surface area contributed by atoms with Crippen molar-refractivity contribution in [3.8, 4) is 28.3 Å². The van der Waals surface area contributed by atoms with Crippen LogP contribution in [0.3, 0.4) is 0 Å². The number of aromatic nitrogens is 6. The fourth-order valence-corrected chi connectivity index (χ4v) is 2.67. The van der Waals surface area contributed by atoms with Gasteiger partial charge in [0.15, 0.2) is 0 Å². The van der Waals surface area contributed by atoms with E-state index in [2.05, 4.69) is 25.3 Å². The smallest absolute Gasteiger partial charge is 0.242 e. The van der Waals surface area contributed by atoms with E-state index in [1.807, 2.05) is 43.7 Å². The predicted octanol–water partition coefficient (Wildman–Crippen LogP) is 2.50. The minimum absolute atomic E-state index is 0.439.